The predicted octanol–water partition coefficient (Wildman–Crippen LogP) is 2.25. The Morgan fingerprint density at radius 2 is 1.88 bits per heavy atom. The van der Waals surface area contributed by atoms with Gasteiger partial charge in [-0.3, -0.25) is 9.69 Å². The van der Waals surface area contributed by atoms with E-state index in [9.17, 15) is 4.79 Å². The van der Waals surface area contributed by atoms with Crippen molar-refractivity contribution in [1.82, 2.24) is 9.80 Å². The molecule has 2 aliphatic rings. The summed E-state index contributed by atoms with van der Waals surface area (Å²) in [7, 11) is 0. The van der Waals surface area contributed by atoms with Gasteiger partial charge < -0.3 is 15.4 Å². The van der Waals surface area contributed by atoms with E-state index in [4.69, 9.17) is 10.5 Å². The van der Waals surface area contributed by atoms with E-state index in [1.807, 2.05) is 24.0 Å². The minimum absolute atomic E-state index is 0.227. The Morgan fingerprint density at radius 1 is 1.16 bits per heavy atom. The number of hydrogen-bond acceptors (Lipinski definition) is 4. The number of carbonyl (C=O) groups excluding carboxylic acids is 1. The molecular weight excluding hydrogens is 314 g/mol. The van der Waals surface area contributed by atoms with Crippen molar-refractivity contribution >= 4 is 5.91 Å². The van der Waals surface area contributed by atoms with Gasteiger partial charge in [0.1, 0.15) is 5.75 Å². The van der Waals surface area contributed by atoms with Crippen LogP contribution in [0.25, 0.3) is 0 Å². The zero-order chi connectivity index (χ0) is 17.6. The van der Waals surface area contributed by atoms with E-state index < -0.39 is 0 Å². The first-order valence-corrected chi connectivity index (χ1v) is 9.63. The van der Waals surface area contributed by atoms with Gasteiger partial charge in [-0.15, -0.1) is 0 Å². The molecule has 1 heterocycles. The molecule has 5 nitrogen and oxygen atoms in total. The number of benzene rings is 1. The third-order valence-electron chi connectivity index (χ3n) is 5.52. The van der Waals surface area contributed by atoms with Gasteiger partial charge in [-0.2, -0.15) is 0 Å². The maximum Gasteiger partial charge on any atom is 0.222 e. The van der Waals surface area contributed by atoms with Crippen LogP contribution in [0.2, 0.25) is 0 Å². The van der Waals surface area contributed by atoms with Crippen molar-refractivity contribution in [3.8, 4) is 5.75 Å². The van der Waals surface area contributed by atoms with E-state index in [-0.39, 0.29) is 6.04 Å². The Labute approximate surface area is 151 Å². The Morgan fingerprint density at radius 3 is 2.48 bits per heavy atom. The fourth-order valence-electron chi connectivity index (χ4n) is 3.94. The van der Waals surface area contributed by atoms with Crippen LogP contribution >= 0.6 is 0 Å². The Hall–Kier alpha value is -1.59. The molecule has 2 N–H and O–H groups in total. The Balaban J connectivity index is 1.42. The highest BCUT2D eigenvalue weighted by Crippen LogP contribution is 2.27. The van der Waals surface area contributed by atoms with E-state index in [0.29, 0.717) is 24.9 Å². The normalized spacial score (nSPS) is 24.5. The minimum Gasteiger partial charge on any atom is -0.494 e. The molecule has 138 valence electrons. The zero-order valence-corrected chi connectivity index (χ0v) is 15.3. The molecule has 0 unspecified atom stereocenters. The molecule has 1 saturated heterocycles. The second kappa shape index (κ2) is 8.68. The van der Waals surface area contributed by atoms with Crippen molar-refractivity contribution in [2.24, 2.45) is 11.7 Å². The number of nitrogens with two attached hydrogens (primary N) is 1. The van der Waals surface area contributed by atoms with Gasteiger partial charge in [0, 0.05) is 45.2 Å². The minimum atomic E-state index is 0.227. The van der Waals surface area contributed by atoms with Gasteiger partial charge in [0.05, 0.1) is 6.61 Å². The molecule has 1 aromatic carbocycles. The molecule has 0 radical (unpaired) electrons. The van der Waals surface area contributed by atoms with E-state index in [1.54, 1.807) is 0 Å². The topological polar surface area (TPSA) is 58.8 Å². The van der Waals surface area contributed by atoms with Crippen LogP contribution in [0.4, 0.5) is 0 Å². The summed E-state index contributed by atoms with van der Waals surface area (Å²) in [5.74, 6) is 1.62. The van der Waals surface area contributed by atoms with Gasteiger partial charge in [0.25, 0.3) is 0 Å². The number of piperazine rings is 1. The lowest BCUT2D eigenvalue weighted by Gasteiger charge is -2.35. The molecule has 1 aliphatic carbocycles. The van der Waals surface area contributed by atoms with Crippen LogP contribution < -0.4 is 10.5 Å². The first kappa shape index (κ1) is 18.2. The maximum atomic E-state index is 12.5. The fraction of sp³-hybridized carbons (Fsp3) is 0.650. The van der Waals surface area contributed by atoms with Crippen LogP contribution in [0.3, 0.4) is 0 Å². The van der Waals surface area contributed by atoms with Gasteiger partial charge in [-0.1, -0.05) is 18.6 Å². The number of nitrogens with zero attached hydrogens (tertiary/aromatic N) is 2. The molecule has 3 rings (SSSR count). The Kier molecular flexibility index (Phi) is 6.32. The Bertz CT molecular complexity index is 553. The van der Waals surface area contributed by atoms with Crippen LogP contribution in [0.15, 0.2) is 24.3 Å². The molecular formula is C20H31N3O2. The summed E-state index contributed by atoms with van der Waals surface area (Å²) in [5, 5.41) is 0. The third kappa shape index (κ3) is 4.95. The highest BCUT2D eigenvalue weighted by Gasteiger charge is 2.29. The smallest absolute Gasteiger partial charge is 0.222 e. The summed E-state index contributed by atoms with van der Waals surface area (Å²) < 4.78 is 5.49. The van der Waals surface area contributed by atoms with Crippen LogP contribution in [0.5, 0.6) is 5.75 Å². The molecule has 0 aromatic heterocycles. The van der Waals surface area contributed by atoms with Crippen LogP contribution in [0, 0.1) is 5.92 Å². The van der Waals surface area contributed by atoms with Gasteiger partial charge in [-0.05, 0) is 43.4 Å². The number of rotatable bonds is 6. The first-order valence-electron chi connectivity index (χ1n) is 9.63. The molecule has 1 aromatic rings. The highest BCUT2D eigenvalue weighted by atomic mass is 16.5. The van der Waals surface area contributed by atoms with E-state index in [0.717, 1.165) is 51.3 Å². The van der Waals surface area contributed by atoms with Gasteiger partial charge in [0.15, 0.2) is 0 Å². The molecule has 1 amide bonds. The van der Waals surface area contributed by atoms with Crippen molar-refractivity contribution in [2.45, 2.75) is 45.2 Å². The monoisotopic (exact) mass is 345 g/mol. The van der Waals surface area contributed by atoms with Crippen molar-refractivity contribution < 1.29 is 9.53 Å². The van der Waals surface area contributed by atoms with Crippen molar-refractivity contribution in [1.29, 1.82) is 0 Å². The molecule has 0 bridgehead atoms. The SMILES string of the molecule is CCOc1ccc(CN2CCN(C(=O)C[C@@H]3CCC[C@H]3N)CC2)cc1. The summed E-state index contributed by atoms with van der Waals surface area (Å²) in [6.07, 6.45) is 4.01. The largest absolute Gasteiger partial charge is 0.494 e. The summed E-state index contributed by atoms with van der Waals surface area (Å²) >= 11 is 0. The molecule has 2 atom stereocenters. The maximum absolute atomic E-state index is 12.5. The van der Waals surface area contributed by atoms with Crippen molar-refractivity contribution in [3.05, 3.63) is 29.8 Å². The van der Waals surface area contributed by atoms with E-state index in [1.165, 1.54) is 12.0 Å². The van der Waals surface area contributed by atoms with Gasteiger partial charge in [0.2, 0.25) is 5.91 Å². The standard InChI is InChI=1S/C20H31N3O2/c1-2-25-18-8-6-16(7-9-18)15-22-10-12-23(13-11-22)20(24)14-17-4-3-5-19(17)21/h6-9,17,19H,2-5,10-15,21H2,1H3/t17-,19+/m0/s1. The summed E-state index contributed by atoms with van der Waals surface area (Å²) in [6.45, 7) is 7.17. The van der Waals surface area contributed by atoms with E-state index >= 15 is 0 Å². The number of carbonyl (C=O) groups is 1. The second-order valence-electron chi connectivity index (χ2n) is 7.29. The lowest BCUT2D eigenvalue weighted by Crippen LogP contribution is -2.49. The molecule has 25 heavy (non-hydrogen) atoms. The van der Waals surface area contributed by atoms with Crippen LogP contribution in [-0.4, -0.2) is 54.5 Å². The number of amides is 1. The van der Waals surface area contributed by atoms with Crippen molar-refractivity contribution in [2.75, 3.05) is 32.8 Å². The molecule has 1 aliphatic heterocycles. The van der Waals surface area contributed by atoms with Crippen molar-refractivity contribution in [3.63, 3.8) is 0 Å². The molecule has 2 fully saturated rings. The average Bonchev–Trinajstić information content (AvgIpc) is 3.02. The van der Waals surface area contributed by atoms with Crippen LogP contribution in [0.1, 0.15) is 38.2 Å². The highest BCUT2D eigenvalue weighted by molar-refractivity contribution is 5.76. The summed E-state index contributed by atoms with van der Waals surface area (Å²) in [5.41, 5.74) is 7.40. The quantitative estimate of drug-likeness (QED) is 0.859. The van der Waals surface area contributed by atoms with Gasteiger partial charge in [-0.25, -0.2) is 0 Å². The predicted molar refractivity (Wildman–Crippen MR) is 99.4 cm³/mol. The van der Waals surface area contributed by atoms with Gasteiger partial charge >= 0.3 is 0 Å². The lowest BCUT2D eigenvalue weighted by atomic mass is 9.99. The zero-order valence-electron chi connectivity index (χ0n) is 15.3. The summed E-state index contributed by atoms with van der Waals surface area (Å²) in [4.78, 5) is 16.9. The molecule has 5 heteroatoms. The molecule has 0 spiro atoms. The number of hydrogen-bond donors (Lipinski definition) is 1. The number of ether oxygens (including phenoxy) is 1. The van der Waals surface area contributed by atoms with E-state index in [2.05, 4.69) is 17.0 Å². The van der Waals surface area contributed by atoms with Crippen LogP contribution in [-0.2, 0) is 11.3 Å². The third-order valence-corrected chi connectivity index (χ3v) is 5.52. The first-order chi connectivity index (χ1) is 12.2. The summed E-state index contributed by atoms with van der Waals surface area (Å²) in [6, 6.07) is 8.55. The second-order valence-corrected chi connectivity index (χ2v) is 7.29. The fourth-order valence-corrected chi connectivity index (χ4v) is 3.94. The lowest BCUT2D eigenvalue weighted by molar-refractivity contribution is -0.134. The average molecular weight is 345 g/mol. The molecule has 1 saturated carbocycles.